The second-order valence-electron chi connectivity index (χ2n) is 7.56. The molecule has 0 aliphatic carbocycles. The fourth-order valence-corrected chi connectivity index (χ4v) is 4.96. The van der Waals surface area contributed by atoms with Gasteiger partial charge in [-0.15, -0.1) is 11.3 Å². The summed E-state index contributed by atoms with van der Waals surface area (Å²) in [5.41, 5.74) is 2.37. The molecule has 148 valence electrons. The second-order valence-corrected chi connectivity index (χ2v) is 8.62. The van der Waals surface area contributed by atoms with E-state index in [1.54, 1.807) is 0 Å². The van der Waals surface area contributed by atoms with Gasteiger partial charge in [0.2, 0.25) is 0 Å². The predicted octanol–water partition coefficient (Wildman–Crippen LogP) is 4.48. The lowest BCUT2D eigenvalue weighted by Crippen LogP contribution is -2.40. The van der Waals surface area contributed by atoms with E-state index in [2.05, 4.69) is 48.2 Å². The Labute approximate surface area is 170 Å². The van der Waals surface area contributed by atoms with Crippen LogP contribution in [0.25, 0.3) is 10.2 Å². The smallest absolute Gasteiger partial charge is 0.119 e. The molecule has 1 N–H and O–H groups in total. The van der Waals surface area contributed by atoms with Gasteiger partial charge in [-0.25, -0.2) is 4.98 Å². The summed E-state index contributed by atoms with van der Waals surface area (Å²) in [7, 11) is 0. The predicted molar refractivity (Wildman–Crippen MR) is 115 cm³/mol. The molecular formula is C23H28N2O2S. The van der Waals surface area contributed by atoms with Gasteiger partial charge in [0.15, 0.2) is 0 Å². The lowest BCUT2D eigenvalue weighted by atomic mass is 9.97. The minimum absolute atomic E-state index is 0.338. The van der Waals surface area contributed by atoms with Crippen LogP contribution in [-0.2, 0) is 6.42 Å². The number of para-hydroxylation sites is 1. The molecule has 2 heterocycles. The standard InChI is InChI=1S/C23H28N2O2S/c1-2-17-6-5-7-20(14-17)27-16-19(26)15-25-12-10-18(11-13-25)23-24-21-8-3-4-9-22(21)28-23/h3-9,14,18-19,26H,2,10-13,15-16H2,1H3. The van der Waals surface area contributed by atoms with Crippen LogP contribution in [0.3, 0.4) is 0 Å². The molecule has 4 nitrogen and oxygen atoms in total. The highest BCUT2D eigenvalue weighted by atomic mass is 32.1. The first-order valence-corrected chi connectivity index (χ1v) is 11.0. The van der Waals surface area contributed by atoms with Crippen molar-refractivity contribution in [2.24, 2.45) is 0 Å². The maximum absolute atomic E-state index is 10.4. The molecule has 0 spiro atoms. The summed E-state index contributed by atoms with van der Waals surface area (Å²) < 4.78 is 7.07. The van der Waals surface area contributed by atoms with Crippen molar-refractivity contribution in [3.05, 3.63) is 59.1 Å². The molecule has 0 bridgehead atoms. The van der Waals surface area contributed by atoms with Crippen LogP contribution in [0.1, 0.15) is 36.3 Å². The van der Waals surface area contributed by atoms with Gasteiger partial charge in [-0.3, -0.25) is 0 Å². The zero-order chi connectivity index (χ0) is 19.3. The molecule has 2 aromatic carbocycles. The number of hydrogen-bond donors (Lipinski definition) is 1. The van der Waals surface area contributed by atoms with Crippen LogP contribution in [0.5, 0.6) is 5.75 Å². The van der Waals surface area contributed by atoms with Gasteiger partial charge in [0, 0.05) is 12.5 Å². The van der Waals surface area contributed by atoms with E-state index in [0.29, 0.717) is 19.1 Å². The Hall–Kier alpha value is -1.95. The average molecular weight is 397 g/mol. The molecule has 4 rings (SSSR count). The number of thiazole rings is 1. The topological polar surface area (TPSA) is 45.6 Å². The van der Waals surface area contributed by atoms with Crippen molar-refractivity contribution in [1.29, 1.82) is 0 Å². The number of piperidine rings is 1. The van der Waals surface area contributed by atoms with Crippen LogP contribution in [0.2, 0.25) is 0 Å². The summed E-state index contributed by atoms with van der Waals surface area (Å²) in [6.45, 7) is 5.14. The summed E-state index contributed by atoms with van der Waals surface area (Å²) in [4.78, 5) is 7.18. The molecule has 1 aromatic heterocycles. The number of hydrogen-bond acceptors (Lipinski definition) is 5. The summed E-state index contributed by atoms with van der Waals surface area (Å²) in [5, 5.41) is 11.7. The van der Waals surface area contributed by atoms with Crippen LogP contribution in [-0.4, -0.2) is 47.3 Å². The van der Waals surface area contributed by atoms with E-state index in [0.717, 1.165) is 43.6 Å². The molecule has 0 radical (unpaired) electrons. The van der Waals surface area contributed by atoms with E-state index in [9.17, 15) is 5.11 Å². The molecule has 0 saturated carbocycles. The number of benzene rings is 2. The summed E-state index contributed by atoms with van der Waals surface area (Å²) in [6, 6.07) is 16.5. The number of aliphatic hydroxyl groups is 1. The Balaban J connectivity index is 1.24. The van der Waals surface area contributed by atoms with Crippen molar-refractivity contribution in [3.63, 3.8) is 0 Å². The second kappa shape index (κ2) is 9.03. The molecule has 1 atom stereocenters. The lowest BCUT2D eigenvalue weighted by molar-refractivity contribution is 0.0594. The first-order chi connectivity index (χ1) is 13.7. The van der Waals surface area contributed by atoms with Crippen LogP contribution < -0.4 is 4.74 Å². The molecule has 3 aromatic rings. The first kappa shape index (κ1) is 19.4. The third kappa shape index (κ3) is 4.72. The number of ether oxygens (including phenoxy) is 1. The van der Waals surface area contributed by atoms with Gasteiger partial charge < -0.3 is 14.7 Å². The van der Waals surface area contributed by atoms with Gasteiger partial charge in [0.1, 0.15) is 18.5 Å². The number of aryl methyl sites for hydroxylation is 1. The van der Waals surface area contributed by atoms with Gasteiger partial charge in [0.05, 0.1) is 15.2 Å². The SMILES string of the molecule is CCc1cccc(OCC(O)CN2CCC(c3nc4ccccc4s3)CC2)c1. The summed E-state index contributed by atoms with van der Waals surface area (Å²) in [6.07, 6.45) is 2.73. The van der Waals surface area contributed by atoms with E-state index in [1.165, 1.54) is 15.3 Å². The summed E-state index contributed by atoms with van der Waals surface area (Å²) in [5.74, 6) is 1.38. The van der Waals surface area contributed by atoms with E-state index in [4.69, 9.17) is 9.72 Å². The first-order valence-electron chi connectivity index (χ1n) is 10.2. The van der Waals surface area contributed by atoms with E-state index < -0.39 is 6.10 Å². The van der Waals surface area contributed by atoms with Crippen LogP contribution in [0.4, 0.5) is 0 Å². The zero-order valence-electron chi connectivity index (χ0n) is 16.4. The van der Waals surface area contributed by atoms with Crippen molar-refractivity contribution in [2.75, 3.05) is 26.2 Å². The van der Waals surface area contributed by atoms with Gasteiger partial charge in [-0.1, -0.05) is 31.2 Å². The number of fused-ring (bicyclic) bond motifs is 1. The van der Waals surface area contributed by atoms with E-state index in [-0.39, 0.29) is 0 Å². The Bertz CT molecular complexity index is 869. The molecule has 1 aliphatic heterocycles. The Morgan fingerprint density at radius 2 is 2.00 bits per heavy atom. The van der Waals surface area contributed by atoms with Crippen molar-refractivity contribution in [2.45, 2.75) is 38.2 Å². The number of rotatable bonds is 7. The van der Waals surface area contributed by atoms with Crippen molar-refractivity contribution in [1.82, 2.24) is 9.88 Å². The lowest BCUT2D eigenvalue weighted by Gasteiger charge is -2.32. The number of nitrogens with zero attached hydrogens (tertiary/aromatic N) is 2. The highest BCUT2D eigenvalue weighted by molar-refractivity contribution is 7.18. The third-order valence-corrected chi connectivity index (χ3v) is 6.66. The van der Waals surface area contributed by atoms with E-state index in [1.807, 2.05) is 23.5 Å². The van der Waals surface area contributed by atoms with Crippen molar-refractivity contribution in [3.8, 4) is 5.75 Å². The quantitative estimate of drug-likeness (QED) is 0.640. The largest absolute Gasteiger partial charge is 0.491 e. The minimum atomic E-state index is -0.468. The molecule has 1 unspecified atom stereocenters. The van der Waals surface area contributed by atoms with Gasteiger partial charge in [0.25, 0.3) is 0 Å². The van der Waals surface area contributed by atoms with Gasteiger partial charge >= 0.3 is 0 Å². The highest BCUT2D eigenvalue weighted by Crippen LogP contribution is 2.33. The van der Waals surface area contributed by atoms with Crippen molar-refractivity contribution >= 4 is 21.6 Å². The number of aliphatic hydroxyl groups excluding tert-OH is 1. The third-order valence-electron chi connectivity index (χ3n) is 5.47. The summed E-state index contributed by atoms with van der Waals surface area (Å²) >= 11 is 1.83. The molecule has 5 heteroatoms. The molecule has 1 saturated heterocycles. The maximum Gasteiger partial charge on any atom is 0.119 e. The highest BCUT2D eigenvalue weighted by Gasteiger charge is 2.24. The molecule has 1 aliphatic rings. The Kier molecular flexibility index (Phi) is 6.25. The fraction of sp³-hybridized carbons (Fsp3) is 0.435. The molecule has 28 heavy (non-hydrogen) atoms. The Morgan fingerprint density at radius 1 is 1.18 bits per heavy atom. The Morgan fingerprint density at radius 3 is 2.79 bits per heavy atom. The van der Waals surface area contributed by atoms with E-state index >= 15 is 0 Å². The van der Waals surface area contributed by atoms with Gasteiger partial charge in [-0.05, 0) is 62.2 Å². The van der Waals surface area contributed by atoms with Crippen LogP contribution in [0, 0.1) is 0 Å². The molecule has 0 amide bonds. The normalized spacial score (nSPS) is 17.1. The number of aromatic nitrogens is 1. The number of likely N-dealkylation sites (tertiary alicyclic amines) is 1. The minimum Gasteiger partial charge on any atom is -0.491 e. The van der Waals surface area contributed by atoms with Crippen LogP contribution >= 0.6 is 11.3 Å². The molecule has 1 fully saturated rings. The monoisotopic (exact) mass is 396 g/mol. The molecular weight excluding hydrogens is 368 g/mol. The fourth-order valence-electron chi connectivity index (χ4n) is 3.83. The van der Waals surface area contributed by atoms with Crippen LogP contribution in [0.15, 0.2) is 48.5 Å². The zero-order valence-corrected chi connectivity index (χ0v) is 17.2. The van der Waals surface area contributed by atoms with Gasteiger partial charge in [-0.2, -0.15) is 0 Å². The number of β-amino-alcohol motifs (C(OH)–C–C–N with tert-alkyl or cyclic N) is 1. The van der Waals surface area contributed by atoms with Crippen molar-refractivity contribution < 1.29 is 9.84 Å². The maximum atomic E-state index is 10.4. The average Bonchev–Trinajstić information content (AvgIpc) is 3.17.